The van der Waals surface area contributed by atoms with E-state index in [0.29, 0.717) is 29.6 Å². The Balaban J connectivity index is 1.52. The van der Waals surface area contributed by atoms with Crippen LogP contribution in [0.1, 0.15) is 59.8 Å². The Bertz CT molecular complexity index is 545. The van der Waals surface area contributed by atoms with Crippen LogP contribution in [0.3, 0.4) is 0 Å². The van der Waals surface area contributed by atoms with Crippen LogP contribution >= 0.6 is 0 Å². The van der Waals surface area contributed by atoms with Crippen LogP contribution in [-0.4, -0.2) is 24.1 Å². The summed E-state index contributed by atoms with van der Waals surface area (Å²) in [6.07, 6.45) is 9.50. The van der Waals surface area contributed by atoms with E-state index in [4.69, 9.17) is 9.47 Å². The number of carbonyl (C=O) groups excluding carboxylic acids is 2. The molecule has 6 atom stereocenters. The summed E-state index contributed by atoms with van der Waals surface area (Å²) >= 11 is 0. The zero-order valence-electron chi connectivity index (χ0n) is 16.0. The summed E-state index contributed by atoms with van der Waals surface area (Å²) in [7, 11) is 0. The van der Waals surface area contributed by atoms with Gasteiger partial charge in [0.15, 0.2) is 0 Å². The zero-order chi connectivity index (χ0) is 18.2. The molecule has 0 aromatic carbocycles. The molecule has 6 unspecified atom stereocenters. The van der Waals surface area contributed by atoms with Crippen LogP contribution in [0.15, 0.2) is 12.2 Å². The van der Waals surface area contributed by atoms with E-state index in [1.54, 1.807) is 0 Å². The number of ether oxygens (including phenoxy) is 2. The van der Waals surface area contributed by atoms with Crippen molar-refractivity contribution in [2.45, 2.75) is 65.4 Å². The SMILES string of the molecule is CC1C2C=CC(CC3CC(C(=O)OCCC(=O)OC(C)(C)C)C1C3)C2. The van der Waals surface area contributed by atoms with Crippen molar-refractivity contribution in [2.24, 2.45) is 35.5 Å². The summed E-state index contributed by atoms with van der Waals surface area (Å²) in [6, 6.07) is 0. The third-order valence-corrected chi connectivity index (χ3v) is 6.18. The number of rotatable bonds is 4. The minimum atomic E-state index is -0.498. The first-order chi connectivity index (χ1) is 11.7. The van der Waals surface area contributed by atoms with Crippen LogP contribution in [0.25, 0.3) is 0 Å². The summed E-state index contributed by atoms with van der Waals surface area (Å²) in [5.41, 5.74) is -0.498. The van der Waals surface area contributed by atoms with Gasteiger partial charge in [0.2, 0.25) is 0 Å². The zero-order valence-corrected chi connectivity index (χ0v) is 16.0. The molecular weight excluding hydrogens is 316 g/mol. The average Bonchev–Trinajstić information content (AvgIpc) is 3.12. The predicted molar refractivity (Wildman–Crippen MR) is 95.6 cm³/mol. The second-order valence-electron chi connectivity index (χ2n) is 9.25. The maximum Gasteiger partial charge on any atom is 0.309 e. The van der Waals surface area contributed by atoms with Crippen LogP contribution in [0.5, 0.6) is 0 Å². The number of esters is 2. The lowest BCUT2D eigenvalue weighted by molar-refractivity contribution is -0.159. The van der Waals surface area contributed by atoms with Gasteiger partial charge in [0.25, 0.3) is 0 Å². The minimum absolute atomic E-state index is 0.00591. The van der Waals surface area contributed by atoms with E-state index in [2.05, 4.69) is 19.1 Å². The summed E-state index contributed by atoms with van der Waals surface area (Å²) in [6.45, 7) is 7.94. The number of allylic oxidation sites excluding steroid dienone is 2. The van der Waals surface area contributed by atoms with Gasteiger partial charge in [0.1, 0.15) is 12.2 Å². The molecule has 0 aliphatic heterocycles. The van der Waals surface area contributed by atoms with Crippen molar-refractivity contribution >= 4 is 11.9 Å². The van der Waals surface area contributed by atoms with E-state index in [-0.39, 0.29) is 30.9 Å². The van der Waals surface area contributed by atoms with E-state index < -0.39 is 5.60 Å². The molecule has 0 N–H and O–H groups in total. The lowest BCUT2D eigenvalue weighted by Gasteiger charge is -2.30. The standard InChI is InChI=1S/C21H32O4/c1-13-16-6-5-14(10-16)9-15-11-17(13)18(12-15)20(23)24-8-7-19(22)25-21(2,3)4/h5-6,13-18H,7-12H2,1-4H3. The number of carbonyl (C=O) groups is 2. The molecule has 4 bridgehead atoms. The summed E-state index contributed by atoms with van der Waals surface area (Å²) in [5.74, 6) is 2.52. The second-order valence-corrected chi connectivity index (χ2v) is 9.25. The monoisotopic (exact) mass is 348 g/mol. The largest absolute Gasteiger partial charge is 0.465 e. The summed E-state index contributed by atoms with van der Waals surface area (Å²) in [5, 5.41) is 0. The third kappa shape index (κ3) is 4.45. The van der Waals surface area contributed by atoms with Gasteiger partial charge in [-0.15, -0.1) is 0 Å². The molecule has 3 rings (SSSR count). The maximum atomic E-state index is 12.6. The Hall–Kier alpha value is -1.32. The third-order valence-electron chi connectivity index (χ3n) is 6.18. The van der Waals surface area contributed by atoms with Gasteiger partial charge in [-0.3, -0.25) is 9.59 Å². The van der Waals surface area contributed by atoms with Crippen molar-refractivity contribution in [3.63, 3.8) is 0 Å². The molecule has 2 fully saturated rings. The van der Waals surface area contributed by atoms with Gasteiger partial charge in [-0.1, -0.05) is 19.1 Å². The number of fused-ring (bicyclic) bond motifs is 4. The van der Waals surface area contributed by atoms with Gasteiger partial charge >= 0.3 is 11.9 Å². The molecule has 140 valence electrons. The molecular formula is C21H32O4. The number of hydrogen-bond donors (Lipinski definition) is 0. The van der Waals surface area contributed by atoms with Crippen molar-refractivity contribution in [1.29, 1.82) is 0 Å². The Labute approximate surface area is 151 Å². The van der Waals surface area contributed by atoms with Gasteiger partial charge in [-0.05, 0) is 76.0 Å². The quantitative estimate of drug-likeness (QED) is 0.566. The van der Waals surface area contributed by atoms with Crippen LogP contribution < -0.4 is 0 Å². The highest BCUT2D eigenvalue weighted by atomic mass is 16.6. The smallest absolute Gasteiger partial charge is 0.309 e. The summed E-state index contributed by atoms with van der Waals surface area (Å²) in [4.78, 5) is 24.4. The highest BCUT2D eigenvalue weighted by molar-refractivity contribution is 5.74. The molecule has 4 heteroatoms. The Morgan fingerprint density at radius 3 is 2.56 bits per heavy atom. The molecule has 0 aromatic rings. The van der Waals surface area contributed by atoms with Crippen LogP contribution in [0.4, 0.5) is 0 Å². The molecule has 0 saturated heterocycles. The molecule has 2 saturated carbocycles. The molecule has 25 heavy (non-hydrogen) atoms. The van der Waals surface area contributed by atoms with Crippen LogP contribution in [0, 0.1) is 35.5 Å². The van der Waals surface area contributed by atoms with Gasteiger partial charge in [-0.25, -0.2) is 0 Å². The molecule has 3 aliphatic rings. The van der Waals surface area contributed by atoms with Crippen molar-refractivity contribution in [3.8, 4) is 0 Å². The van der Waals surface area contributed by atoms with Crippen LogP contribution in [0.2, 0.25) is 0 Å². The van der Waals surface area contributed by atoms with Gasteiger partial charge in [0, 0.05) is 0 Å². The molecule has 0 heterocycles. The Kier molecular flexibility index (Phi) is 5.26. The lowest BCUT2D eigenvalue weighted by atomic mass is 9.75. The Morgan fingerprint density at radius 1 is 1.08 bits per heavy atom. The normalized spacial score (nSPS) is 36.6. The molecule has 3 aliphatic carbocycles. The highest BCUT2D eigenvalue weighted by Gasteiger charge is 2.46. The highest BCUT2D eigenvalue weighted by Crippen LogP contribution is 2.51. The van der Waals surface area contributed by atoms with Crippen molar-refractivity contribution < 1.29 is 19.1 Å². The van der Waals surface area contributed by atoms with E-state index in [9.17, 15) is 9.59 Å². The van der Waals surface area contributed by atoms with E-state index in [1.165, 1.54) is 12.8 Å². The fourth-order valence-electron chi connectivity index (χ4n) is 5.08. The fourth-order valence-corrected chi connectivity index (χ4v) is 5.08. The first-order valence-corrected chi connectivity index (χ1v) is 9.79. The van der Waals surface area contributed by atoms with E-state index in [0.717, 1.165) is 12.8 Å². The fraction of sp³-hybridized carbons (Fsp3) is 0.810. The summed E-state index contributed by atoms with van der Waals surface area (Å²) < 4.78 is 10.7. The predicted octanol–water partition coefficient (Wildman–Crippen LogP) is 4.14. The average molecular weight is 348 g/mol. The van der Waals surface area contributed by atoms with Crippen molar-refractivity contribution in [3.05, 3.63) is 12.2 Å². The molecule has 0 spiro atoms. The molecule has 0 amide bonds. The van der Waals surface area contributed by atoms with Gasteiger partial charge < -0.3 is 9.47 Å². The minimum Gasteiger partial charge on any atom is -0.465 e. The van der Waals surface area contributed by atoms with E-state index in [1.807, 2.05) is 20.8 Å². The molecule has 0 aromatic heterocycles. The molecule has 0 radical (unpaired) electrons. The lowest BCUT2D eigenvalue weighted by Crippen LogP contribution is -2.30. The first kappa shape index (κ1) is 18.5. The van der Waals surface area contributed by atoms with Crippen molar-refractivity contribution in [2.75, 3.05) is 6.61 Å². The van der Waals surface area contributed by atoms with Crippen molar-refractivity contribution in [1.82, 2.24) is 0 Å². The van der Waals surface area contributed by atoms with E-state index >= 15 is 0 Å². The topological polar surface area (TPSA) is 52.6 Å². The first-order valence-electron chi connectivity index (χ1n) is 9.79. The maximum absolute atomic E-state index is 12.6. The molecule has 4 nitrogen and oxygen atoms in total. The van der Waals surface area contributed by atoms with Crippen LogP contribution in [-0.2, 0) is 19.1 Å². The van der Waals surface area contributed by atoms with Gasteiger partial charge in [-0.2, -0.15) is 0 Å². The number of hydrogen-bond acceptors (Lipinski definition) is 4. The second kappa shape index (κ2) is 7.13. The Morgan fingerprint density at radius 2 is 1.84 bits per heavy atom. The van der Waals surface area contributed by atoms with Gasteiger partial charge in [0.05, 0.1) is 12.3 Å².